The molecule has 2 aromatic rings. The molecule has 1 atom stereocenters. The van der Waals surface area contributed by atoms with Crippen molar-refractivity contribution in [3.8, 4) is 0 Å². The Hall–Kier alpha value is -1.03. The molecule has 1 aliphatic heterocycles. The molecule has 1 aromatic carbocycles. The molecule has 0 radical (unpaired) electrons. The van der Waals surface area contributed by atoms with E-state index in [0.717, 1.165) is 30.2 Å². The molecule has 0 bridgehead atoms. The van der Waals surface area contributed by atoms with Crippen LogP contribution in [0.15, 0.2) is 24.4 Å². The van der Waals surface area contributed by atoms with Gasteiger partial charge in [0.1, 0.15) is 0 Å². The molecule has 0 aliphatic carbocycles. The van der Waals surface area contributed by atoms with Crippen molar-refractivity contribution in [2.75, 3.05) is 27.3 Å². The van der Waals surface area contributed by atoms with Crippen LogP contribution in [0.3, 0.4) is 0 Å². The van der Waals surface area contributed by atoms with Crippen molar-refractivity contribution in [1.29, 1.82) is 0 Å². The number of aromatic amines is 1. The van der Waals surface area contributed by atoms with Crippen LogP contribution < -0.4 is 0 Å². The van der Waals surface area contributed by atoms with E-state index in [2.05, 4.69) is 41.1 Å². The van der Waals surface area contributed by atoms with Gasteiger partial charge >= 0.3 is 0 Å². The SMILES string of the molecule is CN1CC(Cc2c[nH]c3c(Cl)cccc23)N(C)C1. The minimum Gasteiger partial charge on any atom is -0.360 e. The molecule has 1 saturated heterocycles. The quantitative estimate of drug-likeness (QED) is 0.900. The van der Waals surface area contributed by atoms with E-state index in [1.807, 2.05) is 12.1 Å². The van der Waals surface area contributed by atoms with Gasteiger partial charge in [0.05, 0.1) is 17.2 Å². The molecule has 1 aromatic heterocycles. The lowest BCUT2D eigenvalue weighted by Crippen LogP contribution is -2.28. The Bertz CT molecular complexity index is 563. The fraction of sp³-hybridized carbons (Fsp3) is 0.429. The van der Waals surface area contributed by atoms with Gasteiger partial charge in [0, 0.05) is 24.2 Å². The molecule has 3 nitrogen and oxygen atoms in total. The summed E-state index contributed by atoms with van der Waals surface area (Å²) in [5.74, 6) is 0. The zero-order valence-electron chi connectivity index (χ0n) is 10.8. The van der Waals surface area contributed by atoms with E-state index in [9.17, 15) is 0 Å². The number of likely N-dealkylation sites (N-methyl/N-ethyl adjacent to an activating group) is 2. The molecule has 0 amide bonds. The third-order valence-electron chi connectivity index (χ3n) is 3.82. The summed E-state index contributed by atoms with van der Waals surface area (Å²) in [4.78, 5) is 8.05. The molecule has 1 fully saturated rings. The van der Waals surface area contributed by atoms with Crippen LogP contribution in [0.5, 0.6) is 0 Å². The number of rotatable bonds is 2. The number of hydrogen-bond acceptors (Lipinski definition) is 2. The van der Waals surface area contributed by atoms with Crippen molar-refractivity contribution in [3.63, 3.8) is 0 Å². The molecule has 96 valence electrons. The Morgan fingerprint density at radius 2 is 2.22 bits per heavy atom. The predicted octanol–water partition coefficient (Wildman–Crippen LogP) is 2.57. The Balaban J connectivity index is 1.89. The van der Waals surface area contributed by atoms with Crippen molar-refractivity contribution in [3.05, 3.63) is 35.0 Å². The fourth-order valence-electron chi connectivity index (χ4n) is 2.87. The lowest BCUT2D eigenvalue weighted by Gasteiger charge is -2.17. The molecule has 1 aliphatic rings. The van der Waals surface area contributed by atoms with Crippen LogP contribution in [0.1, 0.15) is 5.56 Å². The highest BCUT2D eigenvalue weighted by Crippen LogP contribution is 2.27. The maximum absolute atomic E-state index is 6.19. The van der Waals surface area contributed by atoms with Gasteiger partial charge in [0.15, 0.2) is 0 Å². The zero-order valence-corrected chi connectivity index (χ0v) is 11.5. The van der Waals surface area contributed by atoms with Gasteiger partial charge in [-0.25, -0.2) is 0 Å². The van der Waals surface area contributed by atoms with Crippen LogP contribution in [0.2, 0.25) is 5.02 Å². The molecule has 3 rings (SSSR count). The summed E-state index contributed by atoms with van der Waals surface area (Å²) < 4.78 is 0. The predicted molar refractivity (Wildman–Crippen MR) is 76.1 cm³/mol. The minimum absolute atomic E-state index is 0.591. The maximum Gasteiger partial charge on any atom is 0.0647 e. The highest BCUT2D eigenvalue weighted by Gasteiger charge is 2.25. The normalized spacial score (nSPS) is 22.1. The van der Waals surface area contributed by atoms with E-state index in [4.69, 9.17) is 11.6 Å². The second-order valence-electron chi connectivity index (χ2n) is 5.27. The summed E-state index contributed by atoms with van der Waals surface area (Å²) in [6.07, 6.45) is 3.17. The second kappa shape index (κ2) is 4.57. The topological polar surface area (TPSA) is 22.3 Å². The van der Waals surface area contributed by atoms with Gasteiger partial charge < -0.3 is 4.98 Å². The monoisotopic (exact) mass is 263 g/mol. The molecule has 0 saturated carbocycles. The average molecular weight is 264 g/mol. The molecule has 2 heterocycles. The standard InChI is InChI=1S/C14H18ClN3/c1-17-8-11(18(2)9-17)6-10-7-16-14-12(10)4-3-5-13(14)15/h3-5,7,11,16H,6,8-9H2,1-2H3. The summed E-state index contributed by atoms with van der Waals surface area (Å²) in [6, 6.07) is 6.69. The van der Waals surface area contributed by atoms with Crippen LogP contribution in [0.25, 0.3) is 10.9 Å². The van der Waals surface area contributed by atoms with Gasteiger partial charge in [-0.1, -0.05) is 23.7 Å². The lowest BCUT2D eigenvalue weighted by molar-refractivity contribution is 0.285. The van der Waals surface area contributed by atoms with Crippen molar-refractivity contribution in [1.82, 2.24) is 14.8 Å². The summed E-state index contributed by atoms with van der Waals surface area (Å²) in [6.45, 7) is 2.18. The summed E-state index contributed by atoms with van der Waals surface area (Å²) in [7, 11) is 4.36. The Labute approximate surface area is 112 Å². The number of hydrogen-bond donors (Lipinski definition) is 1. The first-order valence-corrected chi connectivity index (χ1v) is 6.66. The van der Waals surface area contributed by atoms with Gasteiger partial charge in [-0.3, -0.25) is 9.80 Å². The van der Waals surface area contributed by atoms with Crippen LogP contribution in [-0.4, -0.2) is 48.1 Å². The molecule has 1 unspecified atom stereocenters. The number of aromatic nitrogens is 1. The molecule has 4 heteroatoms. The largest absolute Gasteiger partial charge is 0.360 e. The number of nitrogens with one attached hydrogen (secondary N) is 1. The first-order valence-electron chi connectivity index (χ1n) is 6.28. The maximum atomic E-state index is 6.19. The van der Waals surface area contributed by atoms with E-state index >= 15 is 0 Å². The highest BCUT2D eigenvalue weighted by molar-refractivity contribution is 6.35. The average Bonchev–Trinajstić information content (AvgIpc) is 2.86. The van der Waals surface area contributed by atoms with Gasteiger partial charge in [0.2, 0.25) is 0 Å². The van der Waals surface area contributed by atoms with Crippen molar-refractivity contribution in [2.24, 2.45) is 0 Å². The Kier molecular flexibility index (Phi) is 3.06. The van der Waals surface area contributed by atoms with Gasteiger partial charge in [-0.05, 0) is 32.1 Å². The summed E-state index contributed by atoms with van der Waals surface area (Å²) >= 11 is 6.19. The van der Waals surface area contributed by atoms with Crippen LogP contribution in [-0.2, 0) is 6.42 Å². The van der Waals surface area contributed by atoms with E-state index in [0.29, 0.717) is 6.04 Å². The number of H-pyrrole nitrogens is 1. The number of para-hydroxylation sites is 1. The lowest BCUT2D eigenvalue weighted by atomic mass is 10.0. The number of benzene rings is 1. The molecule has 18 heavy (non-hydrogen) atoms. The molecular formula is C14H18ClN3. The van der Waals surface area contributed by atoms with E-state index in [-0.39, 0.29) is 0 Å². The van der Waals surface area contributed by atoms with Crippen LogP contribution >= 0.6 is 11.6 Å². The van der Waals surface area contributed by atoms with E-state index in [1.165, 1.54) is 10.9 Å². The van der Waals surface area contributed by atoms with Crippen molar-refractivity contribution < 1.29 is 0 Å². The Morgan fingerprint density at radius 3 is 2.94 bits per heavy atom. The van der Waals surface area contributed by atoms with Crippen LogP contribution in [0, 0.1) is 0 Å². The van der Waals surface area contributed by atoms with Gasteiger partial charge in [0.25, 0.3) is 0 Å². The number of halogens is 1. The second-order valence-corrected chi connectivity index (χ2v) is 5.68. The number of nitrogens with zero attached hydrogens (tertiary/aromatic N) is 2. The van der Waals surface area contributed by atoms with E-state index < -0.39 is 0 Å². The van der Waals surface area contributed by atoms with Gasteiger partial charge in [-0.2, -0.15) is 0 Å². The van der Waals surface area contributed by atoms with Crippen molar-refractivity contribution >= 4 is 22.5 Å². The smallest absolute Gasteiger partial charge is 0.0647 e. The summed E-state index contributed by atoms with van der Waals surface area (Å²) in [5, 5.41) is 2.06. The molecular weight excluding hydrogens is 246 g/mol. The Morgan fingerprint density at radius 1 is 1.39 bits per heavy atom. The first kappa shape index (κ1) is 12.0. The van der Waals surface area contributed by atoms with E-state index in [1.54, 1.807) is 0 Å². The van der Waals surface area contributed by atoms with Gasteiger partial charge in [-0.15, -0.1) is 0 Å². The minimum atomic E-state index is 0.591. The first-order chi connectivity index (χ1) is 8.65. The summed E-state index contributed by atoms with van der Waals surface area (Å²) in [5.41, 5.74) is 2.42. The molecule has 1 N–H and O–H groups in total. The third-order valence-corrected chi connectivity index (χ3v) is 4.13. The fourth-order valence-corrected chi connectivity index (χ4v) is 3.10. The highest BCUT2D eigenvalue weighted by atomic mass is 35.5. The van der Waals surface area contributed by atoms with Crippen LogP contribution in [0.4, 0.5) is 0 Å². The number of fused-ring (bicyclic) bond motifs is 1. The third kappa shape index (κ3) is 2.03. The van der Waals surface area contributed by atoms with Crippen molar-refractivity contribution in [2.45, 2.75) is 12.5 Å². The molecule has 0 spiro atoms. The zero-order chi connectivity index (χ0) is 12.7.